The number of hydrogen-bond donors (Lipinski definition) is 1. The number of piperazine rings is 1. The van der Waals surface area contributed by atoms with E-state index in [-0.39, 0.29) is 24.0 Å². The molecule has 0 aliphatic carbocycles. The SMILES string of the molecule is CCNC(=NCC(C)N1CCN(CC)CC1)N1CCC(c2ccccc2)C(C)C1.I. The van der Waals surface area contributed by atoms with E-state index < -0.39 is 0 Å². The largest absolute Gasteiger partial charge is 0.357 e. The molecule has 170 valence electrons. The second-order valence-electron chi connectivity index (χ2n) is 8.74. The summed E-state index contributed by atoms with van der Waals surface area (Å²) < 4.78 is 0. The van der Waals surface area contributed by atoms with Gasteiger partial charge in [-0.1, -0.05) is 44.2 Å². The van der Waals surface area contributed by atoms with Crippen LogP contribution in [0.15, 0.2) is 35.3 Å². The topological polar surface area (TPSA) is 34.1 Å². The number of guanidine groups is 1. The van der Waals surface area contributed by atoms with Crippen LogP contribution in [-0.4, -0.2) is 85.6 Å². The maximum atomic E-state index is 5.06. The number of benzene rings is 1. The smallest absolute Gasteiger partial charge is 0.193 e. The zero-order chi connectivity index (χ0) is 20.6. The van der Waals surface area contributed by atoms with E-state index in [1.807, 2.05) is 0 Å². The molecule has 3 unspecified atom stereocenters. The fraction of sp³-hybridized carbons (Fsp3) is 0.708. The molecule has 0 aromatic heterocycles. The number of hydrogen-bond acceptors (Lipinski definition) is 3. The minimum Gasteiger partial charge on any atom is -0.357 e. The molecule has 2 aliphatic rings. The highest BCUT2D eigenvalue weighted by Gasteiger charge is 2.29. The predicted octanol–water partition coefficient (Wildman–Crippen LogP) is 3.72. The van der Waals surface area contributed by atoms with Gasteiger partial charge in [-0.05, 0) is 44.2 Å². The van der Waals surface area contributed by atoms with Gasteiger partial charge in [0.15, 0.2) is 5.96 Å². The van der Waals surface area contributed by atoms with Crippen molar-refractivity contribution in [3.8, 4) is 0 Å². The average Bonchev–Trinajstić information content (AvgIpc) is 2.77. The number of likely N-dealkylation sites (N-methyl/N-ethyl adjacent to an activating group) is 1. The van der Waals surface area contributed by atoms with Crippen molar-refractivity contribution < 1.29 is 0 Å². The summed E-state index contributed by atoms with van der Waals surface area (Å²) in [7, 11) is 0. The van der Waals surface area contributed by atoms with E-state index in [0.29, 0.717) is 17.9 Å². The van der Waals surface area contributed by atoms with Gasteiger partial charge in [-0.3, -0.25) is 9.89 Å². The summed E-state index contributed by atoms with van der Waals surface area (Å²) in [6, 6.07) is 11.5. The van der Waals surface area contributed by atoms with Crippen LogP contribution in [0.5, 0.6) is 0 Å². The molecule has 1 aromatic rings. The third-order valence-electron chi connectivity index (χ3n) is 6.75. The van der Waals surface area contributed by atoms with Crippen molar-refractivity contribution in [3.63, 3.8) is 0 Å². The van der Waals surface area contributed by atoms with Crippen LogP contribution in [0, 0.1) is 5.92 Å². The monoisotopic (exact) mass is 527 g/mol. The number of nitrogens with one attached hydrogen (secondary N) is 1. The third-order valence-corrected chi connectivity index (χ3v) is 6.75. The first-order valence-electron chi connectivity index (χ1n) is 11.7. The molecule has 6 heteroatoms. The molecule has 2 saturated heterocycles. The lowest BCUT2D eigenvalue weighted by Gasteiger charge is -2.39. The Hall–Kier alpha value is -0.860. The van der Waals surface area contributed by atoms with Gasteiger partial charge in [0.05, 0.1) is 6.54 Å². The molecule has 0 saturated carbocycles. The molecule has 0 amide bonds. The molecule has 0 bridgehead atoms. The lowest BCUT2D eigenvalue weighted by Crippen LogP contribution is -2.51. The summed E-state index contributed by atoms with van der Waals surface area (Å²) in [5.41, 5.74) is 1.49. The van der Waals surface area contributed by atoms with Gasteiger partial charge < -0.3 is 15.1 Å². The molecule has 2 heterocycles. The third kappa shape index (κ3) is 6.82. The summed E-state index contributed by atoms with van der Waals surface area (Å²) >= 11 is 0. The van der Waals surface area contributed by atoms with Crippen LogP contribution in [0.2, 0.25) is 0 Å². The number of likely N-dealkylation sites (tertiary alicyclic amines) is 1. The molecule has 1 aromatic carbocycles. The van der Waals surface area contributed by atoms with Crippen LogP contribution in [-0.2, 0) is 0 Å². The first-order valence-corrected chi connectivity index (χ1v) is 11.7. The Labute approximate surface area is 201 Å². The van der Waals surface area contributed by atoms with E-state index >= 15 is 0 Å². The second kappa shape index (κ2) is 12.9. The highest BCUT2D eigenvalue weighted by molar-refractivity contribution is 14.0. The van der Waals surface area contributed by atoms with Crippen molar-refractivity contribution in [2.24, 2.45) is 10.9 Å². The quantitative estimate of drug-likeness (QED) is 0.348. The molecule has 30 heavy (non-hydrogen) atoms. The summed E-state index contributed by atoms with van der Waals surface area (Å²) in [5.74, 6) is 2.39. The molecule has 3 atom stereocenters. The fourth-order valence-corrected chi connectivity index (χ4v) is 4.81. The second-order valence-corrected chi connectivity index (χ2v) is 8.74. The Bertz CT molecular complexity index is 630. The zero-order valence-corrected chi connectivity index (χ0v) is 21.7. The summed E-state index contributed by atoms with van der Waals surface area (Å²) in [5, 5.41) is 3.55. The molecule has 0 spiro atoms. The van der Waals surface area contributed by atoms with Gasteiger partial charge in [-0.2, -0.15) is 0 Å². The van der Waals surface area contributed by atoms with Crippen molar-refractivity contribution in [1.82, 2.24) is 20.0 Å². The Kier molecular flexibility index (Phi) is 10.9. The van der Waals surface area contributed by atoms with Crippen molar-refractivity contribution in [3.05, 3.63) is 35.9 Å². The van der Waals surface area contributed by atoms with Crippen LogP contribution in [0.3, 0.4) is 0 Å². The molecule has 3 rings (SSSR count). The Balaban J connectivity index is 0.00000320. The van der Waals surface area contributed by atoms with Crippen LogP contribution in [0.1, 0.15) is 45.6 Å². The first-order chi connectivity index (χ1) is 14.1. The van der Waals surface area contributed by atoms with E-state index in [1.165, 1.54) is 44.7 Å². The molecule has 2 fully saturated rings. The molecule has 1 N–H and O–H groups in total. The van der Waals surface area contributed by atoms with Crippen LogP contribution in [0.4, 0.5) is 0 Å². The summed E-state index contributed by atoms with van der Waals surface area (Å²) in [6.07, 6.45) is 1.20. The number of rotatable bonds is 6. The van der Waals surface area contributed by atoms with E-state index in [0.717, 1.165) is 32.1 Å². The Morgan fingerprint density at radius 2 is 1.80 bits per heavy atom. The number of aliphatic imine (C=N–C) groups is 1. The fourth-order valence-electron chi connectivity index (χ4n) is 4.81. The van der Waals surface area contributed by atoms with Gasteiger partial charge >= 0.3 is 0 Å². The maximum absolute atomic E-state index is 5.06. The van der Waals surface area contributed by atoms with Crippen LogP contribution >= 0.6 is 24.0 Å². The van der Waals surface area contributed by atoms with E-state index in [1.54, 1.807) is 0 Å². The van der Waals surface area contributed by atoms with Crippen molar-refractivity contribution >= 4 is 29.9 Å². The molecule has 5 nitrogen and oxygen atoms in total. The first kappa shape index (κ1) is 25.4. The summed E-state index contributed by atoms with van der Waals surface area (Å²) in [4.78, 5) is 12.7. The minimum atomic E-state index is 0. The molecule has 0 radical (unpaired) electrons. The molecular weight excluding hydrogens is 485 g/mol. The zero-order valence-electron chi connectivity index (χ0n) is 19.4. The van der Waals surface area contributed by atoms with Gasteiger partial charge in [0.25, 0.3) is 0 Å². The van der Waals surface area contributed by atoms with Gasteiger partial charge in [0.2, 0.25) is 0 Å². The van der Waals surface area contributed by atoms with Crippen molar-refractivity contribution in [1.29, 1.82) is 0 Å². The number of piperidine rings is 1. The molecular formula is C24H42IN5. The normalized spacial score (nSPS) is 24.9. The van der Waals surface area contributed by atoms with E-state index in [2.05, 4.69) is 78.0 Å². The number of nitrogens with zero attached hydrogens (tertiary/aromatic N) is 4. The predicted molar refractivity (Wildman–Crippen MR) is 139 cm³/mol. The maximum Gasteiger partial charge on any atom is 0.193 e. The van der Waals surface area contributed by atoms with E-state index in [4.69, 9.17) is 4.99 Å². The van der Waals surface area contributed by atoms with Crippen LogP contribution in [0.25, 0.3) is 0 Å². The lowest BCUT2D eigenvalue weighted by atomic mass is 9.82. The standard InChI is InChI=1S/C24H41N5.HI/c1-5-25-24(26-18-21(4)28-16-14-27(6-2)15-17-28)29-13-12-23(20(3)19-29)22-10-8-7-9-11-22;/h7-11,20-21,23H,5-6,12-19H2,1-4H3,(H,25,26);1H. The van der Waals surface area contributed by atoms with E-state index in [9.17, 15) is 0 Å². The average molecular weight is 528 g/mol. The van der Waals surface area contributed by atoms with Crippen molar-refractivity contribution in [2.75, 3.05) is 58.9 Å². The van der Waals surface area contributed by atoms with Gasteiger partial charge in [-0.15, -0.1) is 24.0 Å². The van der Waals surface area contributed by atoms with Crippen LogP contribution < -0.4 is 5.32 Å². The summed E-state index contributed by atoms with van der Waals surface area (Å²) in [6.45, 7) is 19.0. The highest BCUT2D eigenvalue weighted by atomic mass is 127. The van der Waals surface area contributed by atoms with Gasteiger partial charge in [-0.25, -0.2) is 0 Å². The minimum absolute atomic E-state index is 0. The highest BCUT2D eigenvalue weighted by Crippen LogP contribution is 2.32. The van der Waals surface area contributed by atoms with Gasteiger partial charge in [0.1, 0.15) is 0 Å². The molecule has 2 aliphatic heterocycles. The number of halogens is 1. The van der Waals surface area contributed by atoms with Crippen molar-refractivity contribution in [2.45, 2.75) is 46.1 Å². The Morgan fingerprint density at radius 3 is 2.40 bits per heavy atom. The lowest BCUT2D eigenvalue weighted by molar-refractivity contribution is 0.109. The Morgan fingerprint density at radius 1 is 1.10 bits per heavy atom. The van der Waals surface area contributed by atoms with Gasteiger partial charge in [0, 0.05) is 51.9 Å².